The van der Waals surface area contributed by atoms with Gasteiger partial charge in [0.2, 0.25) is 30.0 Å². The third-order valence-corrected chi connectivity index (χ3v) is 6.07. The molecule has 5 rings (SSSR count). The molecule has 2 aliphatic heterocycles. The van der Waals surface area contributed by atoms with Crippen molar-refractivity contribution in [2.24, 2.45) is 0 Å². The van der Waals surface area contributed by atoms with E-state index in [1.54, 1.807) is 4.90 Å². The number of ether oxygens (including phenoxy) is 3. The van der Waals surface area contributed by atoms with Crippen molar-refractivity contribution in [3.63, 3.8) is 0 Å². The third kappa shape index (κ3) is 3.59. The van der Waals surface area contributed by atoms with E-state index in [1.165, 1.54) is 18.7 Å². The molecular formula is C21H17BrN4O4S. The molecule has 1 amide bonds. The number of aromatic nitrogens is 3. The van der Waals surface area contributed by atoms with Gasteiger partial charge in [0.15, 0.2) is 17.2 Å². The van der Waals surface area contributed by atoms with Crippen molar-refractivity contribution in [1.82, 2.24) is 15.2 Å². The van der Waals surface area contributed by atoms with E-state index in [0.717, 1.165) is 15.8 Å². The summed E-state index contributed by atoms with van der Waals surface area (Å²) >= 11 is 4.98. The Morgan fingerprint density at radius 1 is 1.19 bits per heavy atom. The van der Waals surface area contributed by atoms with Crippen molar-refractivity contribution in [2.75, 3.05) is 17.4 Å². The number of benzene rings is 2. The fourth-order valence-corrected chi connectivity index (χ4v) is 4.42. The molecule has 31 heavy (non-hydrogen) atoms. The van der Waals surface area contributed by atoms with Crippen LogP contribution in [0.4, 0.5) is 5.69 Å². The normalized spacial score (nSPS) is 16.2. The summed E-state index contributed by atoms with van der Waals surface area (Å²) in [5.41, 5.74) is 2.57. The molecule has 2 aliphatic rings. The van der Waals surface area contributed by atoms with E-state index in [1.807, 2.05) is 43.3 Å². The number of fused-ring (bicyclic) bond motifs is 4. The van der Waals surface area contributed by atoms with Gasteiger partial charge in [0.1, 0.15) is 0 Å². The molecule has 0 N–H and O–H groups in total. The summed E-state index contributed by atoms with van der Waals surface area (Å²) in [6, 6.07) is 11.1. The molecule has 0 unspecified atom stereocenters. The van der Waals surface area contributed by atoms with Crippen molar-refractivity contribution in [2.45, 2.75) is 25.2 Å². The SMILES string of the molecule is CCSc1nnc2c(n1)O[C@@H](c1ccc3c(c1)OCO3)N(C(C)=O)c1ccc(Br)cc1-2. The van der Waals surface area contributed by atoms with Crippen molar-refractivity contribution < 1.29 is 19.0 Å². The highest BCUT2D eigenvalue weighted by Gasteiger charge is 2.35. The van der Waals surface area contributed by atoms with Crippen molar-refractivity contribution in [3.05, 3.63) is 46.4 Å². The summed E-state index contributed by atoms with van der Waals surface area (Å²) in [6.45, 7) is 3.68. The number of carbonyl (C=O) groups excluding carboxylic acids is 1. The highest BCUT2D eigenvalue weighted by Crippen LogP contribution is 2.45. The topological polar surface area (TPSA) is 86.7 Å². The van der Waals surface area contributed by atoms with E-state index in [-0.39, 0.29) is 12.7 Å². The van der Waals surface area contributed by atoms with Crippen LogP contribution in [-0.4, -0.2) is 33.6 Å². The first kappa shape index (κ1) is 20.1. The zero-order valence-electron chi connectivity index (χ0n) is 16.7. The third-order valence-electron chi connectivity index (χ3n) is 4.86. The smallest absolute Gasteiger partial charge is 0.247 e. The average molecular weight is 501 g/mol. The van der Waals surface area contributed by atoms with Gasteiger partial charge in [-0.2, -0.15) is 4.98 Å². The van der Waals surface area contributed by atoms with Gasteiger partial charge in [-0.1, -0.05) is 34.6 Å². The molecule has 1 atom stereocenters. The first-order chi connectivity index (χ1) is 15.0. The van der Waals surface area contributed by atoms with Crippen LogP contribution < -0.4 is 19.1 Å². The Kier molecular flexibility index (Phi) is 5.19. The molecule has 0 spiro atoms. The second-order valence-electron chi connectivity index (χ2n) is 6.81. The number of rotatable bonds is 3. The zero-order chi connectivity index (χ0) is 21.5. The van der Waals surface area contributed by atoms with Crippen molar-refractivity contribution >= 4 is 39.3 Å². The quantitative estimate of drug-likeness (QED) is 0.482. The number of anilines is 1. The van der Waals surface area contributed by atoms with Crippen LogP contribution >= 0.6 is 27.7 Å². The van der Waals surface area contributed by atoms with Gasteiger partial charge in [-0.25, -0.2) is 0 Å². The minimum absolute atomic E-state index is 0.162. The van der Waals surface area contributed by atoms with Crippen molar-refractivity contribution in [3.8, 4) is 28.6 Å². The molecule has 1 aromatic heterocycles. The van der Waals surface area contributed by atoms with Gasteiger partial charge in [-0.3, -0.25) is 9.69 Å². The van der Waals surface area contributed by atoms with Crippen LogP contribution in [0.3, 0.4) is 0 Å². The first-order valence-electron chi connectivity index (χ1n) is 9.58. The van der Waals surface area contributed by atoms with Crippen LogP contribution in [0.2, 0.25) is 0 Å². The van der Waals surface area contributed by atoms with Crippen molar-refractivity contribution in [1.29, 1.82) is 0 Å². The maximum Gasteiger partial charge on any atom is 0.247 e. The molecule has 8 nitrogen and oxygen atoms in total. The number of hydrogen-bond donors (Lipinski definition) is 0. The lowest BCUT2D eigenvalue weighted by atomic mass is 10.1. The fourth-order valence-electron chi connectivity index (χ4n) is 3.55. The Balaban J connectivity index is 1.72. The number of hydrogen-bond acceptors (Lipinski definition) is 8. The maximum absolute atomic E-state index is 12.9. The molecule has 10 heteroatoms. The summed E-state index contributed by atoms with van der Waals surface area (Å²) in [5, 5.41) is 9.14. The van der Waals surface area contributed by atoms with Crippen LogP contribution in [0.1, 0.15) is 25.6 Å². The summed E-state index contributed by atoms with van der Waals surface area (Å²) < 4.78 is 18.2. The monoisotopic (exact) mass is 500 g/mol. The predicted molar refractivity (Wildman–Crippen MR) is 118 cm³/mol. The Hall–Kier alpha value is -2.85. The second-order valence-corrected chi connectivity index (χ2v) is 8.96. The first-order valence-corrected chi connectivity index (χ1v) is 11.4. The lowest BCUT2D eigenvalue weighted by molar-refractivity contribution is -0.118. The van der Waals surface area contributed by atoms with Gasteiger partial charge in [0.25, 0.3) is 0 Å². The van der Waals surface area contributed by atoms with Crippen LogP contribution in [0.25, 0.3) is 11.3 Å². The summed E-state index contributed by atoms with van der Waals surface area (Å²) in [4.78, 5) is 19.0. The van der Waals surface area contributed by atoms with Gasteiger partial charge >= 0.3 is 0 Å². The molecule has 0 saturated carbocycles. The molecule has 2 aromatic carbocycles. The Morgan fingerprint density at radius 3 is 2.84 bits per heavy atom. The lowest BCUT2D eigenvalue weighted by Gasteiger charge is -2.30. The minimum Gasteiger partial charge on any atom is -0.454 e. The molecule has 0 bridgehead atoms. The predicted octanol–water partition coefficient (Wildman–Crippen LogP) is 4.59. The highest BCUT2D eigenvalue weighted by molar-refractivity contribution is 9.10. The van der Waals surface area contributed by atoms with Crippen LogP contribution in [-0.2, 0) is 4.79 Å². The fraction of sp³-hybridized carbons (Fsp3) is 0.238. The van der Waals surface area contributed by atoms with E-state index in [2.05, 4.69) is 31.1 Å². The van der Waals surface area contributed by atoms with Gasteiger partial charge < -0.3 is 14.2 Å². The van der Waals surface area contributed by atoms with E-state index in [0.29, 0.717) is 39.5 Å². The Morgan fingerprint density at radius 2 is 2.03 bits per heavy atom. The standard InChI is InChI=1S/C21H17BrN4O4S/c1-3-31-21-23-19-18(24-25-21)14-9-13(22)5-6-15(14)26(11(2)27)20(30-19)12-4-7-16-17(8-12)29-10-28-16/h4-9,20H,3,10H2,1-2H3/t20-/m0/s1. The largest absolute Gasteiger partial charge is 0.454 e. The molecule has 0 fully saturated rings. The number of carbonyl (C=O) groups is 1. The van der Waals surface area contributed by atoms with E-state index in [4.69, 9.17) is 14.2 Å². The van der Waals surface area contributed by atoms with E-state index >= 15 is 0 Å². The van der Waals surface area contributed by atoms with Crippen LogP contribution in [0.15, 0.2) is 46.0 Å². The van der Waals surface area contributed by atoms with Gasteiger partial charge in [0, 0.05) is 22.5 Å². The van der Waals surface area contributed by atoms with E-state index < -0.39 is 6.23 Å². The Bertz CT molecular complexity index is 1190. The molecule has 158 valence electrons. The Labute approximate surface area is 191 Å². The van der Waals surface area contributed by atoms with Gasteiger partial charge in [-0.15, -0.1) is 10.2 Å². The molecule has 0 aliphatic carbocycles. The van der Waals surface area contributed by atoms with Gasteiger partial charge in [0.05, 0.1) is 5.69 Å². The molecule has 0 saturated heterocycles. The van der Waals surface area contributed by atoms with Crippen LogP contribution in [0, 0.1) is 0 Å². The number of halogens is 1. The lowest BCUT2D eigenvalue weighted by Crippen LogP contribution is -2.36. The summed E-state index contributed by atoms with van der Waals surface area (Å²) in [6.07, 6.45) is -0.774. The summed E-state index contributed by atoms with van der Waals surface area (Å²) in [5.74, 6) is 2.19. The molecule has 3 heterocycles. The zero-order valence-corrected chi connectivity index (χ0v) is 19.1. The molecular weight excluding hydrogens is 484 g/mol. The van der Waals surface area contributed by atoms with E-state index in [9.17, 15) is 4.79 Å². The van der Waals surface area contributed by atoms with Crippen LogP contribution in [0.5, 0.6) is 17.4 Å². The number of amides is 1. The van der Waals surface area contributed by atoms with Gasteiger partial charge in [-0.05, 0) is 42.2 Å². The minimum atomic E-state index is -0.774. The number of thioether (sulfide) groups is 1. The highest BCUT2D eigenvalue weighted by atomic mass is 79.9. The molecule has 0 radical (unpaired) electrons. The maximum atomic E-state index is 12.9. The molecule has 3 aromatic rings. The number of nitrogens with zero attached hydrogens (tertiary/aromatic N) is 4. The average Bonchev–Trinajstić information content (AvgIpc) is 3.17. The summed E-state index contributed by atoms with van der Waals surface area (Å²) in [7, 11) is 0. The second kappa shape index (κ2) is 8.01.